The Kier molecular flexibility index (Phi) is 4.53. The molecule has 2 amide bonds. The third kappa shape index (κ3) is 3.38. The van der Waals surface area contributed by atoms with Crippen LogP contribution in [0.5, 0.6) is 0 Å². The molecule has 0 N–H and O–H groups in total. The second-order valence-electron chi connectivity index (χ2n) is 6.31. The molecular formula is C20H19N3O2. The molecule has 1 aliphatic rings. The van der Waals surface area contributed by atoms with Crippen molar-refractivity contribution in [3.05, 3.63) is 65.2 Å². The van der Waals surface area contributed by atoms with Crippen LogP contribution in [0.2, 0.25) is 0 Å². The SMILES string of the molecule is Cc1cccc(N2C[C@@H](C)N(C(=O)c3ccc(C#N)cc3)CC2=O)c1. The minimum atomic E-state index is -0.186. The fourth-order valence-corrected chi connectivity index (χ4v) is 3.02. The predicted octanol–water partition coefficient (Wildman–Crippen LogP) is 2.74. The molecular weight excluding hydrogens is 314 g/mol. The fourth-order valence-electron chi connectivity index (χ4n) is 3.02. The molecule has 0 aliphatic carbocycles. The van der Waals surface area contributed by atoms with Gasteiger partial charge in [0.2, 0.25) is 5.91 Å². The summed E-state index contributed by atoms with van der Waals surface area (Å²) in [5.74, 6) is -0.278. The van der Waals surface area contributed by atoms with Gasteiger partial charge >= 0.3 is 0 Å². The highest BCUT2D eigenvalue weighted by Gasteiger charge is 2.33. The second-order valence-corrected chi connectivity index (χ2v) is 6.31. The summed E-state index contributed by atoms with van der Waals surface area (Å²) < 4.78 is 0. The van der Waals surface area contributed by atoms with Crippen molar-refractivity contribution in [3.63, 3.8) is 0 Å². The lowest BCUT2D eigenvalue weighted by Crippen LogP contribution is -2.57. The zero-order valence-corrected chi connectivity index (χ0v) is 14.3. The number of nitrogens with zero attached hydrogens (tertiary/aromatic N) is 3. The van der Waals surface area contributed by atoms with Crippen LogP contribution in [0.25, 0.3) is 0 Å². The van der Waals surface area contributed by atoms with Crippen LogP contribution in [-0.4, -0.2) is 35.8 Å². The number of hydrogen-bond donors (Lipinski definition) is 0. The number of hydrogen-bond acceptors (Lipinski definition) is 3. The van der Waals surface area contributed by atoms with Crippen LogP contribution in [0.1, 0.15) is 28.4 Å². The fraction of sp³-hybridized carbons (Fsp3) is 0.250. The maximum absolute atomic E-state index is 12.7. The first-order chi connectivity index (χ1) is 12.0. The molecule has 1 fully saturated rings. The van der Waals surface area contributed by atoms with Gasteiger partial charge in [0.05, 0.1) is 11.6 Å². The molecule has 5 heteroatoms. The molecule has 25 heavy (non-hydrogen) atoms. The van der Waals surface area contributed by atoms with Gasteiger partial charge in [-0.05, 0) is 55.8 Å². The Morgan fingerprint density at radius 1 is 1.20 bits per heavy atom. The van der Waals surface area contributed by atoms with E-state index in [4.69, 9.17) is 5.26 Å². The van der Waals surface area contributed by atoms with Crippen molar-refractivity contribution in [1.29, 1.82) is 5.26 Å². The van der Waals surface area contributed by atoms with E-state index in [0.29, 0.717) is 17.7 Å². The highest BCUT2D eigenvalue weighted by Crippen LogP contribution is 2.22. The molecule has 1 atom stereocenters. The predicted molar refractivity (Wildman–Crippen MR) is 95.2 cm³/mol. The van der Waals surface area contributed by atoms with Gasteiger partial charge in [0, 0.05) is 23.8 Å². The first kappa shape index (κ1) is 16.7. The molecule has 0 unspecified atom stereocenters. The number of carbonyl (C=O) groups is 2. The van der Waals surface area contributed by atoms with Gasteiger partial charge < -0.3 is 9.80 Å². The van der Waals surface area contributed by atoms with Crippen LogP contribution in [0.15, 0.2) is 48.5 Å². The zero-order valence-electron chi connectivity index (χ0n) is 14.3. The van der Waals surface area contributed by atoms with E-state index in [2.05, 4.69) is 0 Å². The number of benzene rings is 2. The van der Waals surface area contributed by atoms with E-state index in [0.717, 1.165) is 11.3 Å². The Labute approximate surface area is 147 Å². The van der Waals surface area contributed by atoms with Gasteiger partial charge in [-0.15, -0.1) is 0 Å². The molecule has 3 rings (SSSR count). The number of anilines is 1. The molecule has 0 spiro atoms. The van der Waals surface area contributed by atoms with Crippen LogP contribution in [0.4, 0.5) is 5.69 Å². The van der Waals surface area contributed by atoms with Gasteiger partial charge in [0.15, 0.2) is 0 Å². The van der Waals surface area contributed by atoms with Gasteiger partial charge in [-0.3, -0.25) is 9.59 Å². The van der Waals surface area contributed by atoms with Gasteiger partial charge in [-0.25, -0.2) is 0 Å². The molecule has 1 saturated heterocycles. The molecule has 5 nitrogen and oxygen atoms in total. The summed E-state index contributed by atoms with van der Waals surface area (Å²) in [7, 11) is 0. The van der Waals surface area contributed by atoms with E-state index in [9.17, 15) is 9.59 Å². The number of carbonyl (C=O) groups excluding carboxylic acids is 2. The molecule has 0 radical (unpaired) electrons. The summed E-state index contributed by atoms with van der Waals surface area (Å²) in [6.45, 7) is 4.44. The summed E-state index contributed by atoms with van der Waals surface area (Å²) >= 11 is 0. The third-order valence-corrected chi connectivity index (χ3v) is 4.42. The van der Waals surface area contributed by atoms with E-state index in [-0.39, 0.29) is 24.4 Å². The number of rotatable bonds is 2. The number of nitriles is 1. The third-order valence-electron chi connectivity index (χ3n) is 4.42. The summed E-state index contributed by atoms with van der Waals surface area (Å²) in [4.78, 5) is 28.6. The van der Waals surface area contributed by atoms with Crippen molar-refractivity contribution in [2.45, 2.75) is 19.9 Å². The van der Waals surface area contributed by atoms with Crippen LogP contribution in [0, 0.1) is 18.3 Å². The average molecular weight is 333 g/mol. The van der Waals surface area contributed by atoms with Gasteiger partial charge in [-0.1, -0.05) is 12.1 Å². The van der Waals surface area contributed by atoms with Crippen molar-refractivity contribution in [3.8, 4) is 6.07 Å². The normalized spacial score (nSPS) is 17.3. The van der Waals surface area contributed by atoms with Gasteiger partial charge in [-0.2, -0.15) is 5.26 Å². The van der Waals surface area contributed by atoms with Crippen molar-refractivity contribution < 1.29 is 9.59 Å². The van der Waals surface area contributed by atoms with Crippen molar-refractivity contribution in [2.75, 3.05) is 18.0 Å². The second kappa shape index (κ2) is 6.78. The average Bonchev–Trinajstić information content (AvgIpc) is 2.63. The lowest BCUT2D eigenvalue weighted by atomic mass is 10.1. The molecule has 0 saturated carbocycles. The summed E-state index contributed by atoms with van der Waals surface area (Å²) in [5, 5.41) is 8.85. The summed E-state index contributed by atoms with van der Waals surface area (Å²) in [5.41, 5.74) is 2.95. The number of aryl methyl sites for hydroxylation is 1. The summed E-state index contributed by atoms with van der Waals surface area (Å²) in [6, 6.07) is 16.2. The zero-order chi connectivity index (χ0) is 18.0. The Morgan fingerprint density at radius 2 is 1.92 bits per heavy atom. The van der Waals surface area contributed by atoms with E-state index in [1.54, 1.807) is 34.1 Å². The standard InChI is InChI=1S/C20H19N3O2/c1-14-4-3-5-18(10-14)23-12-15(2)22(13-19(23)24)20(25)17-8-6-16(11-21)7-9-17/h3-10,15H,12-13H2,1-2H3/t15-/m1/s1. The molecule has 1 heterocycles. The van der Waals surface area contributed by atoms with Crippen LogP contribution < -0.4 is 4.90 Å². The highest BCUT2D eigenvalue weighted by atomic mass is 16.2. The lowest BCUT2D eigenvalue weighted by Gasteiger charge is -2.39. The van der Waals surface area contributed by atoms with Crippen molar-refractivity contribution in [2.24, 2.45) is 0 Å². The van der Waals surface area contributed by atoms with Gasteiger partial charge in [0.25, 0.3) is 5.91 Å². The van der Waals surface area contributed by atoms with Crippen LogP contribution >= 0.6 is 0 Å². The van der Waals surface area contributed by atoms with Gasteiger partial charge in [0.1, 0.15) is 6.54 Å². The van der Waals surface area contributed by atoms with E-state index >= 15 is 0 Å². The van der Waals surface area contributed by atoms with E-state index in [1.807, 2.05) is 44.2 Å². The van der Waals surface area contributed by atoms with E-state index < -0.39 is 0 Å². The Bertz CT molecular complexity index is 852. The topological polar surface area (TPSA) is 64.4 Å². The van der Waals surface area contributed by atoms with Crippen molar-refractivity contribution >= 4 is 17.5 Å². The van der Waals surface area contributed by atoms with Crippen LogP contribution in [-0.2, 0) is 4.79 Å². The smallest absolute Gasteiger partial charge is 0.254 e. The summed E-state index contributed by atoms with van der Waals surface area (Å²) in [6.07, 6.45) is 0. The maximum Gasteiger partial charge on any atom is 0.254 e. The number of amides is 2. The molecule has 0 aromatic heterocycles. The monoisotopic (exact) mass is 333 g/mol. The molecule has 126 valence electrons. The molecule has 0 bridgehead atoms. The minimum absolute atomic E-state index is 0.0495. The Hall–Kier alpha value is -3.13. The molecule has 1 aliphatic heterocycles. The number of piperazine rings is 1. The molecule has 2 aromatic rings. The van der Waals surface area contributed by atoms with Crippen molar-refractivity contribution in [1.82, 2.24) is 4.90 Å². The first-order valence-electron chi connectivity index (χ1n) is 8.18. The Morgan fingerprint density at radius 3 is 2.56 bits per heavy atom. The van der Waals surface area contributed by atoms with E-state index in [1.165, 1.54) is 0 Å². The maximum atomic E-state index is 12.7. The minimum Gasteiger partial charge on any atom is -0.325 e. The van der Waals surface area contributed by atoms with Crippen LogP contribution in [0.3, 0.4) is 0 Å². The lowest BCUT2D eigenvalue weighted by molar-refractivity contribution is -0.121. The quantitative estimate of drug-likeness (QED) is 0.849. The molecule has 2 aromatic carbocycles. The largest absolute Gasteiger partial charge is 0.325 e. The Balaban J connectivity index is 1.78. The first-order valence-corrected chi connectivity index (χ1v) is 8.18. The highest BCUT2D eigenvalue weighted by molar-refractivity contribution is 6.02.